The maximum atomic E-state index is 11.9. The Hall–Kier alpha value is -1.85. The lowest BCUT2D eigenvalue weighted by Crippen LogP contribution is -2.37. The van der Waals surface area contributed by atoms with Gasteiger partial charge in [0.1, 0.15) is 11.5 Å². The van der Waals surface area contributed by atoms with Crippen molar-refractivity contribution in [3.05, 3.63) is 52.6 Å². The molecule has 1 heterocycles. The Balaban J connectivity index is 2.02. The molecule has 2 aromatic rings. The fraction of sp³-hybridized carbons (Fsp3) is 0.286. The summed E-state index contributed by atoms with van der Waals surface area (Å²) in [6, 6.07) is 6.43. The summed E-state index contributed by atoms with van der Waals surface area (Å²) in [6.07, 6.45) is 0.659. The van der Waals surface area contributed by atoms with Crippen molar-refractivity contribution in [3.63, 3.8) is 0 Å². The molecule has 0 saturated heterocycles. The van der Waals surface area contributed by atoms with E-state index in [9.17, 15) is 9.90 Å². The number of carbonyl (C=O) groups excluding carboxylic acids is 1. The van der Waals surface area contributed by atoms with Crippen LogP contribution in [-0.2, 0) is 0 Å². The molecule has 2 rings (SSSR count). The van der Waals surface area contributed by atoms with Crippen molar-refractivity contribution >= 4 is 17.5 Å². The first-order valence-corrected chi connectivity index (χ1v) is 6.61. The first kappa shape index (κ1) is 14.6. The smallest absolute Gasteiger partial charge is 0.269 e. The fourth-order valence-corrected chi connectivity index (χ4v) is 1.97. The number of nitrogens with zero attached hydrogens (tertiary/aromatic N) is 1. The van der Waals surface area contributed by atoms with Crippen LogP contribution in [0.15, 0.2) is 30.5 Å². The summed E-state index contributed by atoms with van der Waals surface area (Å²) in [5.74, 6) is 0.368. The number of aliphatic hydroxyl groups excluding tert-OH is 1. The summed E-state index contributed by atoms with van der Waals surface area (Å²) < 4.78 is 0. The molecule has 0 aliphatic rings. The van der Waals surface area contributed by atoms with Crippen molar-refractivity contribution in [1.29, 1.82) is 0 Å². The van der Waals surface area contributed by atoms with Crippen LogP contribution in [0.5, 0.6) is 0 Å². The van der Waals surface area contributed by atoms with Crippen LogP contribution < -0.4 is 5.32 Å². The molecule has 1 amide bonds. The second-order valence-electron chi connectivity index (χ2n) is 4.64. The van der Waals surface area contributed by atoms with Gasteiger partial charge in [0.2, 0.25) is 0 Å². The van der Waals surface area contributed by atoms with Crippen molar-refractivity contribution in [1.82, 2.24) is 15.3 Å². The second kappa shape index (κ2) is 6.07. The molecule has 106 valence electrons. The number of halogens is 1. The van der Waals surface area contributed by atoms with E-state index in [1.54, 1.807) is 38.1 Å². The lowest BCUT2D eigenvalue weighted by Gasteiger charge is -2.20. The second-order valence-corrected chi connectivity index (χ2v) is 5.08. The van der Waals surface area contributed by atoms with Crippen LogP contribution >= 0.6 is 11.6 Å². The van der Waals surface area contributed by atoms with Gasteiger partial charge in [-0.3, -0.25) is 4.79 Å². The van der Waals surface area contributed by atoms with Crippen molar-refractivity contribution < 1.29 is 9.90 Å². The number of hydrogen-bond donors (Lipinski definition) is 3. The zero-order valence-electron chi connectivity index (χ0n) is 11.2. The number of aromatic amines is 1. The van der Waals surface area contributed by atoms with Crippen molar-refractivity contribution in [2.24, 2.45) is 0 Å². The molecule has 0 aliphatic heterocycles. The third-order valence-corrected chi connectivity index (χ3v) is 3.24. The largest absolute Gasteiger partial charge is 0.386 e. The molecule has 0 bridgehead atoms. The van der Waals surface area contributed by atoms with E-state index in [0.29, 0.717) is 22.1 Å². The average Bonchev–Trinajstić information content (AvgIpc) is 2.85. The Bertz CT molecular complexity index is 595. The number of imidazole rings is 1. The average molecular weight is 294 g/mol. The molecule has 1 aromatic heterocycles. The van der Waals surface area contributed by atoms with Crippen LogP contribution in [0.3, 0.4) is 0 Å². The van der Waals surface area contributed by atoms with Crippen LogP contribution in [0, 0.1) is 6.92 Å². The molecule has 1 aromatic carbocycles. The standard InChI is InChI=1S/C14H16ClN3O2/c1-8(13(19)10-3-5-11(15)6-4-10)17-14(20)12-7-16-9(2)18-12/h3-8,13,19H,1-2H3,(H,16,18)(H,17,20)/t8-,13-/m0/s1. The number of aryl methyl sites for hydroxylation is 1. The van der Waals surface area contributed by atoms with Crippen molar-refractivity contribution in [3.8, 4) is 0 Å². The molecule has 0 saturated carbocycles. The zero-order valence-corrected chi connectivity index (χ0v) is 12.0. The highest BCUT2D eigenvalue weighted by Crippen LogP contribution is 2.19. The Labute approximate surface area is 122 Å². The molecule has 0 spiro atoms. The van der Waals surface area contributed by atoms with E-state index in [1.165, 1.54) is 6.20 Å². The van der Waals surface area contributed by atoms with Crippen LogP contribution in [0.25, 0.3) is 0 Å². The monoisotopic (exact) mass is 293 g/mol. The molecular weight excluding hydrogens is 278 g/mol. The number of aliphatic hydroxyl groups is 1. The molecule has 6 heteroatoms. The van der Waals surface area contributed by atoms with E-state index in [4.69, 9.17) is 11.6 Å². The highest BCUT2D eigenvalue weighted by molar-refractivity contribution is 6.30. The summed E-state index contributed by atoms with van der Waals surface area (Å²) in [5, 5.41) is 13.5. The van der Waals surface area contributed by atoms with Crippen molar-refractivity contribution in [2.45, 2.75) is 26.0 Å². The Morgan fingerprint density at radius 2 is 2.05 bits per heavy atom. The molecule has 2 atom stereocenters. The molecule has 0 aliphatic carbocycles. The maximum absolute atomic E-state index is 11.9. The number of benzene rings is 1. The van der Waals surface area contributed by atoms with Gasteiger partial charge in [0.15, 0.2) is 0 Å². The topological polar surface area (TPSA) is 78.0 Å². The number of amides is 1. The minimum absolute atomic E-state index is 0.300. The van der Waals surface area contributed by atoms with E-state index in [1.807, 2.05) is 0 Å². The number of nitrogens with one attached hydrogen (secondary N) is 2. The minimum atomic E-state index is -0.805. The van der Waals surface area contributed by atoms with Gasteiger partial charge in [-0.2, -0.15) is 0 Å². The number of hydrogen-bond acceptors (Lipinski definition) is 3. The number of carbonyl (C=O) groups is 1. The Morgan fingerprint density at radius 1 is 1.40 bits per heavy atom. The molecule has 0 unspecified atom stereocenters. The lowest BCUT2D eigenvalue weighted by atomic mass is 10.0. The van der Waals surface area contributed by atoms with Crippen LogP contribution in [0.4, 0.5) is 0 Å². The van der Waals surface area contributed by atoms with Gasteiger partial charge in [0.25, 0.3) is 5.91 Å². The van der Waals surface area contributed by atoms with Gasteiger partial charge in [-0.15, -0.1) is 0 Å². The maximum Gasteiger partial charge on any atom is 0.269 e. The van der Waals surface area contributed by atoms with Gasteiger partial charge in [0.05, 0.1) is 18.3 Å². The normalized spacial score (nSPS) is 13.8. The number of rotatable bonds is 4. The van der Waals surface area contributed by atoms with E-state index in [2.05, 4.69) is 15.3 Å². The van der Waals surface area contributed by atoms with Crippen LogP contribution in [0.2, 0.25) is 5.02 Å². The third-order valence-electron chi connectivity index (χ3n) is 2.99. The van der Waals surface area contributed by atoms with E-state index < -0.39 is 12.1 Å². The summed E-state index contributed by atoms with van der Waals surface area (Å²) in [5.41, 5.74) is 1.07. The van der Waals surface area contributed by atoms with Crippen LogP contribution in [0.1, 0.15) is 34.9 Å². The van der Waals surface area contributed by atoms with Gasteiger partial charge in [-0.25, -0.2) is 4.98 Å². The van der Waals surface area contributed by atoms with Gasteiger partial charge in [0, 0.05) is 5.02 Å². The molecule has 0 fully saturated rings. The first-order valence-electron chi connectivity index (χ1n) is 6.23. The van der Waals surface area contributed by atoms with Gasteiger partial charge in [-0.05, 0) is 31.5 Å². The molecule has 0 radical (unpaired) electrons. The first-order chi connectivity index (χ1) is 9.47. The number of H-pyrrole nitrogens is 1. The minimum Gasteiger partial charge on any atom is -0.386 e. The van der Waals surface area contributed by atoms with Crippen molar-refractivity contribution in [2.75, 3.05) is 0 Å². The highest BCUT2D eigenvalue weighted by Gasteiger charge is 2.19. The summed E-state index contributed by atoms with van der Waals surface area (Å²) in [7, 11) is 0. The molecule has 3 N–H and O–H groups in total. The fourth-order valence-electron chi connectivity index (χ4n) is 1.85. The van der Waals surface area contributed by atoms with Gasteiger partial charge < -0.3 is 15.4 Å². The highest BCUT2D eigenvalue weighted by atomic mass is 35.5. The van der Waals surface area contributed by atoms with Gasteiger partial charge in [-0.1, -0.05) is 23.7 Å². The predicted octanol–water partition coefficient (Wildman–Crippen LogP) is 2.22. The van der Waals surface area contributed by atoms with Crippen LogP contribution in [-0.4, -0.2) is 27.0 Å². The zero-order chi connectivity index (χ0) is 14.7. The quantitative estimate of drug-likeness (QED) is 0.809. The Kier molecular flexibility index (Phi) is 4.42. The SMILES string of the molecule is Cc1ncc(C(=O)N[C@@H](C)[C@H](O)c2ccc(Cl)cc2)[nH]1. The Morgan fingerprint density at radius 3 is 2.60 bits per heavy atom. The lowest BCUT2D eigenvalue weighted by molar-refractivity contribution is 0.0847. The van der Waals surface area contributed by atoms with E-state index in [-0.39, 0.29) is 5.91 Å². The molecule has 20 heavy (non-hydrogen) atoms. The number of aromatic nitrogens is 2. The summed E-state index contributed by atoms with van der Waals surface area (Å²) >= 11 is 5.80. The molecular formula is C14H16ClN3O2. The molecule has 5 nitrogen and oxygen atoms in total. The van der Waals surface area contributed by atoms with Gasteiger partial charge >= 0.3 is 0 Å². The van der Waals surface area contributed by atoms with E-state index in [0.717, 1.165) is 0 Å². The summed E-state index contributed by atoms with van der Waals surface area (Å²) in [4.78, 5) is 18.8. The predicted molar refractivity (Wildman–Crippen MR) is 76.7 cm³/mol. The third kappa shape index (κ3) is 3.37. The van der Waals surface area contributed by atoms with E-state index >= 15 is 0 Å². The summed E-state index contributed by atoms with van der Waals surface area (Å²) in [6.45, 7) is 3.50.